The van der Waals surface area contributed by atoms with E-state index in [-0.39, 0.29) is 0 Å². The van der Waals surface area contributed by atoms with E-state index in [0.717, 1.165) is 12.0 Å². The molecule has 1 aromatic rings. The zero-order valence-electron chi connectivity index (χ0n) is 10.5. The fourth-order valence-electron chi connectivity index (χ4n) is 0.974. The highest BCUT2D eigenvalue weighted by Crippen LogP contribution is 1.96. The van der Waals surface area contributed by atoms with E-state index in [1.807, 2.05) is 46.8 Å². The second kappa shape index (κ2) is 11.3. The van der Waals surface area contributed by atoms with Gasteiger partial charge < -0.3 is 10.0 Å². The highest BCUT2D eigenvalue weighted by atomic mass is 16.4. The van der Waals surface area contributed by atoms with Crippen LogP contribution in [0.25, 0.3) is 0 Å². The Morgan fingerprint density at radius 1 is 1.07 bits per heavy atom. The van der Waals surface area contributed by atoms with E-state index >= 15 is 0 Å². The second-order valence-corrected chi connectivity index (χ2v) is 2.47. The topological polar surface area (TPSA) is 40.5 Å². The van der Waals surface area contributed by atoms with Gasteiger partial charge in [-0.1, -0.05) is 58.9 Å². The van der Waals surface area contributed by atoms with Gasteiger partial charge in [-0.3, -0.25) is 0 Å². The summed E-state index contributed by atoms with van der Waals surface area (Å²) < 4.78 is 0. The van der Waals surface area contributed by atoms with Crippen LogP contribution in [-0.2, 0) is 6.42 Å². The Bertz CT molecular complexity index is 237. The van der Waals surface area contributed by atoms with Crippen molar-refractivity contribution in [1.82, 2.24) is 0 Å². The first-order valence-corrected chi connectivity index (χ1v) is 5.69. The van der Waals surface area contributed by atoms with Crippen LogP contribution < -0.4 is 5.46 Å². The summed E-state index contributed by atoms with van der Waals surface area (Å²) in [4.78, 5) is 0. The lowest BCUT2D eigenvalue weighted by Crippen LogP contribution is -2.29. The van der Waals surface area contributed by atoms with Gasteiger partial charge >= 0.3 is 7.12 Å². The fraction of sp³-hybridized carbons (Fsp3) is 0.500. The molecule has 0 atom stereocenters. The van der Waals surface area contributed by atoms with E-state index in [2.05, 4.69) is 0 Å². The number of benzene rings is 1. The van der Waals surface area contributed by atoms with Gasteiger partial charge in [0.2, 0.25) is 0 Å². The first-order valence-electron chi connectivity index (χ1n) is 5.69. The largest absolute Gasteiger partial charge is 0.488 e. The smallest absolute Gasteiger partial charge is 0.423 e. The maximum atomic E-state index is 8.80. The summed E-state index contributed by atoms with van der Waals surface area (Å²) in [6.45, 7) is 10.0. The van der Waals surface area contributed by atoms with Crippen LogP contribution in [0.3, 0.4) is 0 Å². The van der Waals surface area contributed by atoms with Crippen molar-refractivity contribution in [2.75, 3.05) is 0 Å². The Hall–Kier alpha value is -0.795. The average Bonchev–Trinajstić information content (AvgIpc) is 2.34. The molecule has 1 rings (SSSR count). The van der Waals surface area contributed by atoms with Crippen molar-refractivity contribution in [3.63, 3.8) is 0 Å². The highest BCUT2D eigenvalue weighted by molar-refractivity contribution is 6.58. The van der Waals surface area contributed by atoms with Crippen LogP contribution in [0.15, 0.2) is 24.3 Å². The van der Waals surface area contributed by atoms with E-state index in [4.69, 9.17) is 10.0 Å². The zero-order valence-corrected chi connectivity index (χ0v) is 10.5. The number of rotatable bonds is 2. The summed E-state index contributed by atoms with van der Waals surface area (Å²) in [5.74, 6) is 0. The number of hydrogen-bond donors (Lipinski definition) is 2. The summed E-state index contributed by atoms with van der Waals surface area (Å²) in [5, 5.41) is 17.6. The third-order valence-electron chi connectivity index (χ3n) is 1.66. The predicted octanol–water partition coefficient (Wildman–Crippen LogP) is 1.98. The van der Waals surface area contributed by atoms with Crippen LogP contribution in [0.4, 0.5) is 0 Å². The van der Waals surface area contributed by atoms with Gasteiger partial charge in [0.05, 0.1) is 0 Å². The third-order valence-corrected chi connectivity index (χ3v) is 1.66. The zero-order chi connectivity index (χ0) is 12.3. The monoisotopic (exact) mass is 210 g/mol. The minimum atomic E-state index is -1.35. The Morgan fingerprint density at radius 2 is 1.60 bits per heavy atom. The van der Waals surface area contributed by atoms with Gasteiger partial charge in [-0.15, -0.1) is 0 Å². The Balaban J connectivity index is 0. The quantitative estimate of drug-likeness (QED) is 0.732. The van der Waals surface area contributed by atoms with Gasteiger partial charge in [-0.25, -0.2) is 0 Å². The summed E-state index contributed by atoms with van der Waals surface area (Å²) in [5.41, 5.74) is 1.68. The minimum Gasteiger partial charge on any atom is -0.423 e. The molecule has 0 saturated heterocycles. The van der Waals surface area contributed by atoms with Crippen molar-refractivity contribution in [3.8, 4) is 0 Å². The molecule has 0 saturated carbocycles. The van der Waals surface area contributed by atoms with Gasteiger partial charge in [0, 0.05) is 0 Å². The Kier molecular flexibility index (Phi) is 12.5. The second-order valence-electron chi connectivity index (χ2n) is 2.47. The molecule has 0 fully saturated rings. The molecule has 0 unspecified atom stereocenters. The minimum absolute atomic E-state index is 0.560. The lowest BCUT2D eigenvalue weighted by atomic mass is 9.79. The summed E-state index contributed by atoms with van der Waals surface area (Å²) >= 11 is 0. The molecule has 0 aliphatic carbocycles. The molecule has 2 nitrogen and oxygen atoms in total. The molecular formula is C12H23BO2. The molecule has 3 heteroatoms. The third kappa shape index (κ3) is 7.17. The molecule has 0 aliphatic heterocycles. The van der Waals surface area contributed by atoms with Crippen molar-refractivity contribution in [2.45, 2.75) is 41.0 Å². The van der Waals surface area contributed by atoms with E-state index in [9.17, 15) is 0 Å². The molecule has 0 aliphatic rings. The molecule has 0 radical (unpaired) electrons. The molecule has 0 amide bonds. The molecular weight excluding hydrogens is 187 g/mol. The molecule has 15 heavy (non-hydrogen) atoms. The summed E-state index contributed by atoms with van der Waals surface area (Å²) in [6, 6.07) is 7.29. The van der Waals surface area contributed by atoms with Crippen molar-refractivity contribution in [1.29, 1.82) is 0 Å². The SMILES string of the molecule is CC.CC.CCc1cccc(B(O)O)c1. The van der Waals surface area contributed by atoms with Crippen molar-refractivity contribution < 1.29 is 10.0 Å². The lowest BCUT2D eigenvalue weighted by molar-refractivity contribution is 0.425. The van der Waals surface area contributed by atoms with Crippen LogP contribution >= 0.6 is 0 Å². The molecule has 2 N–H and O–H groups in total. The van der Waals surface area contributed by atoms with Crippen LogP contribution in [-0.4, -0.2) is 17.2 Å². The lowest BCUT2D eigenvalue weighted by Gasteiger charge is -2.00. The molecule has 0 aromatic heterocycles. The van der Waals surface area contributed by atoms with Gasteiger partial charge in [0.25, 0.3) is 0 Å². The Labute approximate surface area is 94.1 Å². The molecule has 0 heterocycles. The number of hydrogen-bond acceptors (Lipinski definition) is 2. The molecule has 86 valence electrons. The summed E-state index contributed by atoms with van der Waals surface area (Å²) in [7, 11) is -1.35. The van der Waals surface area contributed by atoms with Gasteiger partial charge in [-0.05, 0) is 17.4 Å². The first-order chi connectivity index (χ1) is 7.24. The normalized spacial score (nSPS) is 7.93. The van der Waals surface area contributed by atoms with Gasteiger partial charge in [0.1, 0.15) is 0 Å². The van der Waals surface area contributed by atoms with Crippen LogP contribution in [0, 0.1) is 0 Å². The van der Waals surface area contributed by atoms with Gasteiger partial charge in [0.15, 0.2) is 0 Å². The van der Waals surface area contributed by atoms with E-state index in [0.29, 0.717) is 5.46 Å². The van der Waals surface area contributed by atoms with Crippen LogP contribution in [0.1, 0.15) is 40.2 Å². The maximum Gasteiger partial charge on any atom is 0.488 e. The van der Waals surface area contributed by atoms with Crippen LogP contribution in [0.5, 0.6) is 0 Å². The number of aryl methyl sites for hydroxylation is 1. The summed E-state index contributed by atoms with van der Waals surface area (Å²) in [6.07, 6.45) is 0.917. The average molecular weight is 210 g/mol. The van der Waals surface area contributed by atoms with Crippen molar-refractivity contribution >= 4 is 12.6 Å². The van der Waals surface area contributed by atoms with Crippen LogP contribution in [0.2, 0.25) is 0 Å². The first kappa shape index (κ1) is 16.6. The van der Waals surface area contributed by atoms with E-state index in [1.165, 1.54) is 0 Å². The van der Waals surface area contributed by atoms with E-state index < -0.39 is 7.12 Å². The Morgan fingerprint density at radius 3 is 2.00 bits per heavy atom. The molecule has 0 bridgehead atoms. The maximum absolute atomic E-state index is 8.80. The van der Waals surface area contributed by atoms with Crippen molar-refractivity contribution in [3.05, 3.63) is 29.8 Å². The fourth-order valence-corrected chi connectivity index (χ4v) is 0.974. The molecule has 1 aromatic carbocycles. The highest BCUT2D eigenvalue weighted by Gasteiger charge is 2.09. The van der Waals surface area contributed by atoms with Crippen molar-refractivity contribution in [2.24, 2.45) is 0 Å². The predicted molar refractivity (Wildman–Crippen MR) is 68.3 cm³/mol. The van der Waals surface area contributed by atoms with Gasteiger partial charge in [-0.2, -0.15) is 0 Å². The molecule has 0 spiro atoms. The van der Waals surface area contributed by atoms with E-state index in [1.54, 1.807) is 12.1 Å². The standard InChI is InChI=1S/C8H11BO2.2C2H6/c1-2-7-4-3-5-8(6-7)9(10)11;2*1-2/h3-6,10-11H,2H2,1H3;2*1-2H3.